The van der Waals surface area contributed by atoms with Gasteiger partial charge in [0.15, 0.2) is 0 Å². The van der Waals surface area contributed by atoms with Crippen LogP contribution in [0.25, 0.3) is 5.69 Å². The topological polar surface area (TPSA) is 72.7 Å². The molecule has 0 aliphatic heterocycles. The molecule has 0 radical (unpaired) electrons. The third kappa shape index (κ3) is 5.44. The van der Waals surface area contributed by atoms with Crippen molar-refractivity contribution in [1.82, 2.24) is 25.5 Å². The van der Waals surface area contributed by atoms with Crippen molar-refractivity contribution in [3.05, 3.63) is 29.3 Å². The van der Waals surface area contributed by atoms with Gasteiger partial charge in [0.1, 0.15) is 0 Å². The summed E-state index contributed by atoms with van der Waals surface area (Å²) in [6.45, 7) is 0. The molecule has 1 aromatic carbocycles. The van der Waals surface area contributed by atoms with E-state index in [2.05, 4.69) is 20.8 Å². The summed E-state index contributed by atoms with van der Waals surface area (Å²) in [5.74, 6) is 0.353. The Kier molecular flexibility index (Phi) is 6.69. The lowest BCUT2D eigenvalue weighted by Gasteiger charge is -2.20. The van der Waals surface area contributed by atoms with E-state index >= 15 is 0 Å². The lowest BCUT2D eigenvalue weighted by molar-refractivity contribution is -0.119. The molecule has 6 nitrogen and oxygen atoms in total. The molecule has 25 heavy (non-hydrogen) atoms. The highest BCUT2D eigenvalue weighted by molar-refractivity contribution is 7.99. The minimum Gasteiger partial charge on any atom is -0.353 e. The van der Waals surface area contributed by atoms with Gasteiger partial charge in [0, 0.05) is 11.1 Å². The molecule has 0 spiro atoms. The first-order valence-corrected chi connectivity index (χ1v) is 10.1. The zero-order valence-electron chi connectivity index (χ0n) is 14.0. The minimum absolute atomic E-state index is 0.0428. The predicted octanol–water partition coefficient (Wildman–Crippen LogP) is 3.64. The molecule has 1 heterocycles. The molecule has 0 saturated heterocycles. The van der Waals surface area contributed by atoms with E-state index < -0.39 is 0 Å². The maximum Gasteiger partial charge on any atom is 0.230 e. The minimum atomic E-state index is 0.0428. The number of thioether (sulfide) groups is 1. The summed E-state index contributed by atoms with van der Waals surface area (Å²) in [4.78, 5) is 12.3. The second-order valence-corrected chi connectivity index (χ2v) is 7.63. The van der Waals surface area contributed by atoms with E-state index in [1.165, 1.54) is 43.9 Å². The smallest absolute Gasteiger partial charge is 0.230 e. The van der Waals surface area contributed by atoms with Crippen LogP contribution in [0.15, 0.2) is 29.4 Å². The molecule has 1 fully saturated rings. The van der Waals surface area contributed by atoms with Crippen LogP contribution in [0.3, 0.4) is 0 Å². The summed E-state index contributed by atoms with van der Waals surface area (Å²) in [5, 5.41) is 16.1. The number of halogens is 1. The van der Waals surface area contributed by atoms with E-state index in [0.717, 1.165) is 18.5 Å². The molecule has 2 aromatic rings. The fourth-order valence-corrected chi connectivity index (χ4v) is 3.84. The average Bonchev–Trinajstić information content (AvgIpc) is 3.04. The summed E-state index contributed by atoms with van der Waals surface area (Å²) in [6, 6.07) is 7.57. The number of hydrogen-bond acceptors (Lipinski definition) is 5. The Morgan fingerprint density at radius 1 is 1.16 bits per heavy atom. The van der Waals surface area contributed by atoms with Crippen molar-refractivity contribution >= 4 is 29.3 Å². The van der Waals surface area contributed by atoms with Gasteiger partial charge in [-0.1, -0.05) is 55.5 Å². The predicted molar refractivity (Wildman–Crippen MR) is 99.1 cm³/mol. The number of aromatic nitrogens is 4. The normalized spacial score (nSPS) is 16.2. The zero-order chi connectivity index (χ0) is 17.5. The number of tetrazole rings is 1. The first-order chi connectivity index (χ1) is 12.2. The van der Waals surface area contributed by atoms with Gasteiger partial charge in [-0.2, -0.15) is 4.68 Å². The largest absolute Gasteiger partial charge is 0.353 e. The molecule has 134 valence electrons. The van der Waals surface area contributed by atoms with E-state index in [9.17, 15) is 4.79 Å². The average molecular weight is 380 g/mol. The van der Waals surface area contributed by atoms with Crippen molar-refractivity contribution in [2.24, 2.45) is 0 Å². The van der Waals surface area contributed by atoms with Crippen molar-refractivity contribution < 1.29 is 4.79 Å². The Balaban J connectivity index is 1.54. The van der Waals surface area contributed by atoms with Gasteiger partial charge in [-0.15, -0.1) is 5.10 Å². The molecule has 1 aromatic heterocycles. The van der Waals surface area contributed by atoms with Crippen LogP contribution >= 0.6 is 23.4 Å². The van der Waals surface area contributed by atoms with Crippen LogP contribution in [0.2, 0.25) is 5.02 Å². The van der Waals surface area contributed by atoms with Gasteiger partial charge < -0.3 is 5.32 Å². The number of nitrogens with one attached hydrogen (secondary N) is 1. The second-order valence-electron chi connectivity index (χ2n) is 6.25. The number of nitrogens with zero attached hydrogens (tertiary/aromatic N) is 4. The van der Waals surface area contributed by atoms with E-state index in [4.69, 9.17) is 11.6 Å². The maximum atomic E-state index is 12.3. The monoisotopic (exact) mass is 379 g/mol. The summed E-state index contributed by atoms with van der Waals surface area (Å²) >= 11 is 7.25. The van der Waals surface area contributed by atoms with Gasteiger partial charge in [0.2, 0.25) is 11.1 Å². The Bertz CT molecular complexity index is 683. The maximum absolute atomic E-state index is 12.3. The summed E-state index contributed by atoms with van der Waals surface area (Å²) in [7, 11) is 0. The standard InChI is InChI=1S/C17H22ClN5OS/c18-13-8-10-15(11-9-13)23-17(20-21-22-23)25-12-16(24)19-14-6-4-2-1-3-5-7-14/h8-11,14H,1-7,12H2,(H,19,24). The van der Waals surface area contributed by atoms with Crippen molar-refractivity contribution in [3.63, 3.8) is 0 Å². The van der Waals surface area contributed by atoms with Gasteiger partial charge in [0.05, 0.1) is 11.4 Å². The molecule has 3 rings (SSSR count). The molecule has 0 atom stereocenters. The number of amides is 1. The summed E-state index contributed by atoms with van der Waals surface area (Å²) in [5.41, 5.74) is 0.817. The van der Waals surface area contributed by atoms with Crippen LogP contribution in [0.5, 0.6) is 0 Å². The van der Waals surface area contributed by atoms with Crippen LogP contribution in [0.4, 0.5) is 0 Å². The van der Waals surface area contributed by atoms with Crippen LogP contribution in [-0.4, -0.2) is 37.9 Å². The lowest BCUT2D eigenvalue weighted by atomic mass is 9.97. The Morgan fingerprint density at radius 2 is 1.84 bits per heavy atom. The number of carbonyl (C=O) groups is 1. The van der Waals surface area contributed by atoms with E-state index in [1.54, 1.807) is 16.8 Å². The molecule has 1 saturated carbocycles. The molecule has 1 amide bonds. The van der Waals surface area contributed by atoms with E-state index in [-0.39, 0.29) is 5.91 Å². The SMILES string of the molecule is O=C(CSc1nnnn1-c1ccc(Cl)cc1)NC1CCCCCCC1. The highest BCUT2D eigenvalue weighted by Crippen LogP contribution is 2.20. The second kappa shape index (κ2) is 9.20. The Morgan fingerprint density at radius 3 is 2.56 bits per heavy atom. The highest BCUT2D eigenvalue weighted by Gasteiger charge is 2.16. The number of rotatable bonds is 5. The van der Waals surface area contributed by atoms with Crippen molar-refractivity contribution in [3.8, 4) is 5.69 Å². The van der Waals surface area contributed by atoms with E-state index in [0.29, 0.717) is 22.0 Å². The van der Waals surface area contributed by atoms with Crippen LogP contribution in [0.1, 0.15) is 44.9 Å². The number of carbonyl (C=O) groups excluding carboxylic acids is 1. The first kappa shape index (κ1) is 18.2. The van der Waals surface area contributed by atoms with Crippen LogP contribution in [-0.2, 0) is 4.79 Å². The van der Waals surface area contributed by atoms with E-state index in [1.807, 2.05) is 12.1 Å². The van der Waals surface area contributed by atoms with Crippen LogP contribution < -0.4 is 5.32 Å². The lowest BCUT2D eigenvalue weighted by Crippen LogP contribution is -2.36. The van der Waals surface area contributed by atoms with Crippen molar-refractivity contribution in [2.45, 2.75) is 56.1 Å². The molecule has 8 heteroatoms. The molecule has 1 aliphatic rings. The third-order valence-corrected chi connectivity index (χ3v) is 5.49. The zero-order valence-corrected chi connectivity index (χ0v) is 15.6. The first-order valence-electron chi connectivity index (χ1n) is 8.69. The number of benzene rings is 1. The highest BCUT2D eigenvalue weighted by atomic mass is 35.5. The van der Waals surface area contributed by atoms with Gasteiger partial charge in [-0.05, 0) is 47.5 Å². The summed E-state index contributed by atoms with van der Waals surface area (Å²) < 4.78 is 1.62. The molecule has 1 aliphatic carbocycles. The quantitative estimate of drug-likeness (QED) is 0.803. The van der Waals surface area contributed by atoms with Crippen molar-refractivity contribution in [1.29, 1.82) is 0 Å². The molecule has 0 bridgehead atoms. The fraction of sp³-hybridized carbons (Fsp3) is 0.529. The molecular formula is C17H22ClN5OS. The van der Waals surface area contributed by atoms with Gasteiger partial charge in [0.25, 0.3) is 0 Å². The van der Waals surface area contributed by atoms with Crippen LogP contribution in [0, 0.1) is 0 Å². The van der Waals surface area contributed by atoms with Crippen molar-refractivity contribution in [2.75, 3.05) is 5.75 Å². The van der Waals surface area contributed by atoms with Gasteiger partial charge in [-0.3, -0.25) is 4.79 Å². The third-order valence-electron chi connectivity index (χ3n) is 4.31. The molecule has 0 unspecified atom stereocenters. The number of hydrogen-bond donors (Lipinski definition) is 1. The Labute approximate surface area is 156 Å². The van der Waals surface area contributed by atoms with Gasteiger partial charge >= 0.3 is 0 Å². The fourth-order valence-electron chi connectivity index (χ4n) is 3.01. The summed E-state index contributed by atoms with van der Waals surface area (Å²) in [6.07, 6.45) is 8.44. The molecular weight excluding hydrogens is 358 g/mol. The molecule has 1 N–H and O–H groups in total. The van der Waals surface area contributed by atoms with Gasteiger partial charge in [-0.25, -0.2) is 0 Å². The Hall–Kier alpha value is -1.60.